The van der Waals surface area contributed by atoms with Crippen molar-refractivity contribution in [1.82, 2.24) is 5.43 Å². The fourth-order valence-electron chi connectivity index (χ4n) is 2.38. The number of nitrogens with one attached hydrogen (secondary N) is 1. The first-order valence-electron chi connectivity index (χ1n) is 8.15. The van der Waals surface area contributed by atoms with Crippen LogP contribution in [-0.2, 0) is 6.54 Å². The molecule has 0 spiro atoms. The minimum absolute atomic E-state index is 0. The van der Waals surface area contributed by atoms with Crippen LogP contribution in [0.3, 0.4) is 0 Å². The number of nitrogens with two attached hydrogens (primary N) is 1. The third kappa shape index (κ3) is 5.89. The number of halogens is 1. The van der Waals surface area contributed by atoms with Crippen molar-refractivity contribution in [3.63, 3.8) is 0 Å². The van der Waals surface area contributed by atoms with E-state index in [1.165, 1.54) is 5.69 Å². The summed E-state index contributed by atoms with van der Waals surface area (Å²) in [4.78, 5) is 14.3. The van der Waals surface area contributed by atoms with Gasteiger partial charge in [-0.15, -0.1) is 12.4 Å². The van der Waals surface area contributed by atoms with Gasteiger partial charge in [-0.05, 0) is 49.2 Å². The maximum absolute atomic E-state index is 12.0. The predicted octanol–water partition coefficient (Wildman–Crippen LogP) is 3.18. The molecule has 0 saturated carbocycles. The van der Waals surface area contributed by atoms with Crippen LogP contribution in [0.4, 0.5) is 5.69 Å². The molecule has 2 rings (SSSR count). The topological polar surface area (TPSA) is 70.7 Å². The number of hydrogen-bond donors (Lipinski definition) is 2. The second kappa shape index (κ2) is 10.5. The first-order chi connectivity index (χ1) is 11.7. The monoisotopic (exact) mass is 360 g/mol. The molecule has 0 aliphatic carbocycles. The minimum atomic E-state index is -0.241. The first kappa shape index (κ1) is 20.7. The molecule has 0 radical (unpaired) electrons. The van der Waals surface area contributed by atoms with Crippen LogP contribution >= 0.6 is 12.4 Å². The van der Waals surface area contributed by atoms with Crippen LogP contribution in [0.25, 0.3) is 0 Å². The number of carbonyl (C=O) groups excluding carboxylic acids is 1. The van der Waals surface area contributed by atoms with Crippen LogP contribution in [-0.4, -0.2) is 25.2 Å². The maximum atomic E-state index is 12.0. The van der Waals surface area contributed by atoms with E-state index in [1.807, 2.05) is 24.3 Å². The van der Waals surface area contributed by atoms with E-state index in [4.69, 9.17) is 5.73 Å². The standard InChI is InChI=1S/C19H24N4O.ClH/c1-3-23(4-2)18-11-7-16(8-12-18)14-21-22-19(24)17-9-5-15(13-20)6-10-17;/h5-12,14H,3-4,13,20H2,1-2H3,(H,22,24);1H. The molecule has 5 nitrogen and oxygen atoms in total. The van der Waals surface area contributed by atoms with E-state index < -0.39 is 0 Å². The quantitative estimate of drug-likeness (QED) is 0.588. The van der Waals surface area contributed by atoms with Gasteiger partial charge in [-0.3, -0.25) is 4.79 Å². The molecule has 2 aromatic rings. The van der Waals surface area contributed by atoms with Crippen LogP contribution in [0.1, 0.15) is 35.3 Å². The third-order valence-electron chi connectivity index (χ3n) is 3.85. The molecule has 134 valence electrons. The Hall–Kier alpha value is -2.37. The van der Waals surface area contributed by atoms with Gasteiger partial charge in [-0.25, -0.2) is 5.43 Å². The van der Waals surface area contributed by atoms with E-state index in [9.17, 15) is 4.79 Å². The molecule has 0 unspecified atom stereocenters. The van der Waals surface area contributed by atoms with E-state index in [0.717, 1.165) is 24.2 Å². The zero-order chi connectivity index (χ0) is 17.4. The average molecular weight is 361 g/mol. The molecule has 0 atom stereocenters. The van der Waals surface area contributed by atoms with E-state index in [1.54, 1.807) is 18.3 Å². The van der Waals surface area contributed by atoms with Crippen LogP contribution < -0.4 is 16.1 Å². The lowest BCUT2D eigenvalue weighted by Gasteiger charge is -2.20. The lowest BCUT2D eigenvalue weighted by Crippen LogP contribution is -2.21. The SMILES string of the molecule is CCN(CC)c1ccc(C=NNC(=O)c2ccc(CN)cc2)cc1.Cl. The third-order valence-corrected chi connectivity index (χ3v) is 3.85. The highest BCUT2D eigenvalue weighted by Crippen LogP contribution is 2.14. The summed E-state index contributed by atoms with van der Waals surface area (Å²) < 4.78 is 0. The summed E-state index contributed by atoms with van der Waals surface area (Å²) in [6, 6.07) is 15.2. The Labute approximate surface area is 155 Å². The maximum Gasteiger partial charge on any atom is 0.271 e. The normalized spacial score (nSPS) is 10.4. The molecule has 1 amide bonds. The zero-order valence-corrected chi connectivity index (χ0v) is 15.4. The number of hydrogen-bond acceptors (Lipinski definition) is 4. The number of amides is 1. The van der Waals surface area contributed by atoms with Crippen molar-refractivity contribution in [3.8, 4) is 0 Å². The van der Waals surface area contributed by atoms with E-state index in [2.05, 4.69) is 41.4 Å². The van der Waals surface area contributed by atoms with Gasteiger partial charge in [0.15, 0.2) is 0 Å². The van der Waals surface area contributed by atoms with Gasteiger partial charge >= 0.3 is 0 Å². The Balaban J connectivity index is 0.00000312. The van der Waals surface area contributed by atoms with Crippen molar-refractivity contribution < 1.29 is 4.79 Å². The van der Waals surface area contributed by atoms with Gasteiger partial charge in [0.05, 0.1) is 6.21 Å². The Morgan fingerprint density at radius 1 is 1.08 bits per heavy atom. The van der Waals surface area contributed by atoms with Gasteiger partial charge in [0.1, 0.15) is 0 Å². The van der Waals surface area contributed by atoms with Gasteiger partial charge in [0.2, 0.25) is 0 Å². The second-order valence-electron chi connectivity index (χ2n) is 5.36. The summed E-state index contributed by atoms with van der Waals surface area (Å²) in [7, 11) is 0. The van der Waals surface area contributed by atoms with Crippen LogP contribution in [0.15, 0.2) is 53.6 Å². The van der Waals surface area contributed by atoms with E-state index in [-0.39, 0.29) is 18.3 Å². The zero-order valence-electron chi connectivity index (χ0n) is 14.6. The molecule has 0 saturated heterocycles. The smallest absolute Gasteiger partial charge is 0.271 e. The number of carbonyl (C=O) groups is 1. The lowest BCUT2D eigenvalue weighted by atomic mass is 10.1. The van der Waals surface area contributed by atoms with Crippen molar-refractivity contribution in [2.45, 2.75) is 20.4 Å². The highest BCUT2D eigenvalue weighted by molar-refractivity contribution is 5.94. The van der Waals surface area contributed by atoms with Crippen molar-refractivity contribution in [2.24, 2.45) is 10.8 Å². The predicted molar refractivity (Wildman–Crippen MR) is 107 cm³/mol. The van der Waals surface area contributed by atoms with Crippen molar-refractivity contribution in [1.29, 1.82) is 0 Å². The molecule has 0 aromatic heterocycles. The lowest BCUT2D eigenvalue weighted by molar-refractivity contribution is 0.0955. The molecule has 0 fully saturated rings. The molecule has 0 bridgehead atoms. The van der Waals surface area contributed by atoms with Gasteiger partial charge in [-0.1, -0.05) is 24.3 Å². The summed E-state index contributed by atoms with van der Waals surface area (Å²) in [5.74, 6) is -0.241. The van der Waals surface area contributed by atoms with E-state index >= 15 is 0 Å². The number of rotatable bonds is 7. The Morgan fingerprint density at radius 3 is 2.20 bits per heavy atom. The number of nitrogens with zero attached hydrogens (tertiary/aromatic N) is 2. The summed E-state index contributed by atoms with van der Waals surface area (Å²) in [5, 5.41) is 4.01. The van der Waals surface area contributed by atoms with Gasteiger partial charge in [0, 0.05) is 30.9 Å². The molecule has 0 aliphatic rings. The van der Waals surface area contributed by atoms with Gasteiger partial charge in [0.25, 0.3) is 5.91 Å². The highest BCUT2D eigenvalue weighted by Gasteiger charge is 2.03. The highest BCUT2D eigenvalue weighted by atomic mass is 35.5. The molecule has 0 heterocycles. The Morgan fingerprint density at radius 2 is 1.68 bits per heavy atom. The van der Waals surface area contributed by atoms with Gasteiger partial charge in [-0.2, -0.15) is 5.10 Å². The van der Waals surface area contributed by atoms with Gasteiger partial charge < -0.3 is 10.6 Å². The molecule has 3 N–H and O–H groups in total. The van der Waals surface area contributed by atoms with Crippen molar-refractivity contribution >= 4 is 30.2 Å². The number of benzene rings is 2. The average Bonchev–Trinajstić information content (AvgIpc) is 2.64. The summed E-state index contributed by atoms with van der Waals surface area (Å²) in [5.41, 5.74) is 11.7. The Kier molecular flexibility index (Phi) is 8.67. The molecule has 2 aromatic carbocycles. The summed E-state index contributed by atoms with van der Waals surface area (Å²) in [6.07, 6.45) is 1.64. The molecule has 6 heteroatoms. The summed E-state index contributed by atoms with van der Waals surface area (Å²) in [6.45, 7) is 6.68. The largest absolute Gasteiger partial charge is 0.372 e. The number of anilines is 1. The van der Waals surface area contributed by atoms with Crippen molar-refractivity contribution in [2.75, 3.05) is 18.0 Å². The van der Waals surface area contributed by atoms with Crippen molar-refractivity contribution in [3.05, 3.63) is 65.2 Å². The molecular formula is C19H25ClN4O. The van der Waals surface area contributed by atoms with Crippen LogP contribution in [0, 0.1) is 0 Å². The second-order valence-corrected chi connectivity index (χ2v) is 5.36. The van der Waals surface area contributed by atoms with Crippen LogP contribution in [0.5, 0.6) is 0 Å². The fourth-order valence-corrected chi connectivity index (χ4v) is 2.38. The summed E-state index contributed by atoms with van der Waals surface area (Å²) >= 11 is 0. The molecule has 25 heavy (non-hydrogen) atoms. The van der Waals surface area contributed by atoms with E-state index in [0.29, 0.717) is 12.1 Å². The fraction of sp³-hybridized carbons (Fsp3) is 0.263. The Bertz CT molecular complexity index is 680. The first-order valence-corrected chi connectivity index (χ1v) is 8.15. The van der Waals surface area contributed by atoms with Crippen LogP contribution in [0.2, 0.25) is 0 Å². The minimum Gasteiger partial charge on any atom is -0.372 e. The number of hydrazone groups is 1. The molecule has 0 aliphatic heterocycles. The molecular weight excluding hydrogens is 336 g/mol.